The van der Waals surface area contributed by atoms with Gasteiger partial charge < -0.3 is 11.1 Å². The van der Waals surface area contributed by atoms with Crippen molar-refractivity contribution < 1.29 is 4.79 Å². The quantitative estimate of drug-likeness (QED) is 0.837. The van der Waals surface area contributed by atoms with Gasteiger partial charge >= 0.3 is 0 Å². The molecule has 0 unspecified atom stereocenters. The zero-order valence-electron chi connectivity index (χ0n) is 11.3. The SMILES string of the molecule is CCn1cc(CNC(=O)c2nn(C)cc2N)c(C)n1. The lowest BCUT2D eigenvalue weighted by Gasteiger charge is -2.02. The maximum atomic E-state index is 11.9. The van der Waals surface area contributed by atoms with Gasteiger partial charge in [0.05, 0.1) is 11.4 Å². The van der Waals surface area contributed by atoms with E-state index in [0.29, 0.717) is 12.2 Å². The van der Waals surface area contributed by atoms with Gasteiger partial charge in [0.15, 0.2) is 5.69 Å². The highest BCUT2D eigenvalue weighted by Crippen LogP contribution is 2.09. The summed E-state index contributed by atoms with van der Waals surface area (Å²) in [6.07, 6.45) is 3.53. The van der Waals surface area contributed by atoms with Crippen molar-refractivity contribution in [3.8, 4) is 0 Å². The molecular formula is C12H18N6O. The fourth-order valence-electron chi connectivity index (χ4n) is 1.84. The second-order valence-corrected chi connectivity index (χ2v) is 4.38. The molecule has 0 aliphatic rings. The summed E-state index contributed by atoms with van der Waals surface area (Å²) < 4.78 is 3.36. The number of aryl methyl sites for hydroxylation is 3. The van der Waals surface area contributed by atoms with Gasteiger partial charge in [-0.25, -0.2) is 0 Å². The molecule has 7 nitrogen and oxygen atoms in total. The highest BCUT2D eigenvalue weighted by atomic mass is 16.2. The van der Waals surface area contributed by atoms with Crippen LogP contribution in [0.25, 0.3) is 0 Å². The van der Waals surface area contributed by atoms with E-state index < -0.39 is 0 Å². The summed E-state index contributed by atoms with van der Waals surface area (Å²) in [4.78, 5) is 11.9. The Morgan fingerprint density at radius 1 is 1.42 bits per heavy atom. The number of hydrogen-bond donors (Lipinski definition) is 2. The number of anilines is 1. The van der Waals surface area contributed by atoms with E-state index in [-0.39, 0.29) is 11.6 Å². The van der Waals surface area contributed by atoms with Gasteiger partial charge in [-0.1, -0.05) is 0 Å². The van der Waals surface area contributed by atoms with Gasteiger partial charge in [0.25, 0.3) is 5.91 Å². The van der Waals surface area contributed by atoms with Crippen molar-refractivity contribution in [1.82, 2.24) is 24.9 Å². The summed E-state index contributed by atoms with van der Waals surface area (Å²) in [5.41, 5.74) is 8.24. The number of amides is 1. The maximum Gasteiger partial charge on any atom is 0.274 e. The van der Waals surface area contributed by atoms with Crippen LogP contribution in [0.1, 0.15) is 28.7 Å². The van der Waals surface area contributed by atoms with Crippen LogP contribution in [0.4, 0.5) is 5.69 Å². The number of carbonyl (C=O) groups excluding carboxylic acids is 1. The molecule has 0 spiro atoms. The normalized spacial score (nSPS) is 10.7. The third kappa shape index (κ3) is 2.75. The van der Waals surface area contributed by atoms with E-state index in [2.05, 4.69) is 15.5 Å². The highest BCUT2D eigenvalue weighted by molar-refractivity contribution is 5.96. The van der Waals surface area contributed by atoms with Crippen molar-refractivity contribution in [2.75, 3.05) is 5.73 Å². The van der Waals surface area contributed by atoms with Crippen LogP contribution in [0, 0.1) is 6.92 Å². The minimum Gasteiger partial charge on any atom is -0.396 e. The first-order valence-corrected chi connectivity index (χ1v) is 6.11. The number of nitrogens with one attached hydrogen (secondary N) is 1. The molecule has 1 amide bonds. The summed E-state index contributed by atoms with van der Waals surface area (Å²) >= 11 is 0. The molecule has 2 rings (SSSR count). The average Bonchev–Trinajstić information content (AvgIpc) is 2.89. The van der Waals surface area contributed by atoms with Gasteiger partial charge in [0, 0.05) is 38.1 Å². The van der Waals surface area contributed by atoms with E-state index in [4.69, 9.17) is 5.73 Å². The number of carbonyl (C=O) groups is 1. The van der Waals surface area contributed by atoms with Crippen LogP contribution < -0.4 is 11.1 Å². The summed E-state index contributed by atoms with van der Waals surface area (Å²) in [5.74, 6) is -0.276. The van der Waals surface area contributed by atoms with E-state index in [1.54, 1.807) is 13.2 Å². The predicted octanol–water partition coefficient (Wildman–Crippen LogP) is 0.457. The Bertz CT molecular complexity index is 597. The van der Waals surface area contributed by atoms with E-state index in [1.165, 1.54) is 4.68 Å². The summed E-state index contributed by atoms with van der Waals surface area (Å²) in [6, 6.07) is 0. The maximum absolute atomic E-state index is 11.9. The zero-order valence-corrected chi connectivity index (χ0v) is 11.3. The van der Waals surface area contributed by atoms with Crippen LogP contribution in [-0.2, 0) is 20.1 Å². The Labute approximate surface area is 111 Å². The lowest BCUT2D eigenvalue weighted by Crippen LogP contribution is -2.24. The molecule has 2 aromatic rings. The molecule has 0 saturated heterocycles. The van der Waals surface area contributed by atoms with Gasteiger partial charge in [0.2, 0.25) is 0 Å². The summed E-state index contributed by atoms with van der Waals surface area (Å²) in [7, 11) is 1.72. The third-order valence-corrected chi connectivity index (χ3v) is 2.88. The van der Waals surface area contributed by atoms with Crippen molar-refractivity contribution in [3.63, 3.8) is 0 Å². The van der Waals surface area contributed by atoms with Crippen molar-refractivity contribution in [2.24, 2.45) is 7.05 Å². The first-order valence-electron chi connectivity index (χ1n) is 6.11. The van der Waals surface area contributed by atoms with Crippen molar-refractivity contribution >= 4 is 11.6 Å². The van der Waals surface area contributed by atoms with Crippen molar-refractivity contribution in [3.05, 3.63) is 29.3 Å². The molecule has 0 fully saturated rings. The third-order valence-electron chi connectivity index (χ3n) is 2.88. The smallest absolute Gasteiger partial charge is 0.274 e. The molecular weight excluding hydrogens is 244 g/mol. The van der Waals surface area contributed by atoms with Crippen molar-refractivity contribution in [1.29, 1.82) is 0 Å². The molecule has 0 atom stereocenters. The van der Waals surface area contributed by atoms with Gasteiger partial charge in [-0.15, -0.1) is 0 Å². The molecule has 7 heteroatoms. The van der Waals surface area contributed by atoms with Crippen LogP contribution in [-0.4, -0.2) is 25.5 Å². The molecule has 3 N–H and O–H groups in total. The number of hydrogen-bond acceptors (Lipinski definition) is 4. The van der Waals surface area contributed by atoms with Crippen LogP contribution in [0.2, 0.25) is 0 Å². The molecule has 2 aromatic heterocycles. The standard InChI is InChI=1S/C12H18N6O/c1-4-18-6-9(8(2)15-18)5-14-12(19)11-10(13)7-17(3)16-11/h6-7H,4-5,13H2,1-3H3,(H,14,19). The molecule has 0 aromatic carbocycles. The number of nitrogen functional groups attached to an aromatic ring is 1. The molecule has 19 heavy (non-hydrogen) atoms. The fourth-order valence-corrected chi connectivity index (χ4v) is 1.84. The number of nitrogens with two attached hydrogens (primary N) is 1. The monoisotopic (exact) mass is 262 g/mol. The molecule has 2 heterocycles. The molecule has 0 radical (unpaired) electrons. The van der Waals surface area contributed by atoms with Crippen LogP contribution >= 0.6 is 0 Å². The molecule has 102 valence electrons. The fraction of sp³-hybridized carbons (Fsp3) is 0.417. The Morgan fingerprint density at radius 3 is 2.68 bits per heavy atom. The topological polar surface area (TPSA) is 90.8 Å². The lowest BCUT2D eigenvalue weighted by molar-refractivity contribution is 0.0946. The first kappa shape index (κ1) is 13.1. The van der Waals surface area contributed by atoms with Gasteiger partial charge in [0.1, 0.15) is 0 Å². The molecule has 0 bridgehead atoms. The zero-order chi connectivity index (χ0) is 14.0. The lowest BCUT2D eigenvalue weighted by atomic mass is 10.2. The van der Waals surface area contributed by atoms with Crippen molar-refractivity contribution in [2.45, 2.75) is 26.9 Å². The second kappa shape index (κ2) is 5.13. The summed E-state index contributed by atoms with van der Waals surface area (Å²) in [5, 5.41) is 11.1. The van der Waals surface area contributed by atoms with Crippen LogP contribution in [0.5, 0.6) is 0 Å². The van der Waals surface area contributed by atoms with E-state index in [1.807, 2.05) is 24.7 Å². The van der Waals surface area contributed by atoms with Crippen LogP contribution in [0.15, 0.2) is 12.4 Å². The Balaban J connectivity index is 2.04. The minimum absolute atomic E-state index is 0.253. The number of nitrogens with zero attached hydrogens (tertiary/aromatic N) is 4. The molecule has 0 aliphatic heterocycles. The minimum atomic E-state index is -0.276. The number of aromatic nitrogens is 4. The van der Waals surface area contributed by atoms with Gasteiger partial charge in [-0.2, -0.15) is 10.2 Å². The number of rotatable bonds is 4. The van der Waals surface area contributed by atoms with Crippen LogP contribution in [0.3, 0.4) is 0 Å². The Morgan fingerprint density at radius 2 is 2.16 bits per heavy atom. The van der Waals surface area contributed by atoms with E-state index in [0.717, 1.165) is 17.8 Å². The Kier molecular flexibility index (Phi) is 3.55. The van der Waals surface area contributed by atoms with E-state index in [9.17, 15) is 4.79 Å². The predicted molar refractivity (Wildman–Crippen MR) is 71.4 cm³/mol. The largest absolute Gasteiger partial charge is 0.396 e. The second-order valence-electron chi connectivity index (χ2n) is 4.38. The molecule has 0 aliphatic carbocycles. The van der Waals surface area contributed by atoms with Gasteiger partial charge in [-0.3, -0.25) is 14.2 Å². The summed E-state index contributed by atoms with van der Waals surface area (Å²) in [6.45, 7) is 5.16. The van der Waals surface area contributed by atoms with E-state index >= 15 is 0 Å². The average molecular weight is 262 g/mol. The highest BCUT2D eigenvalue weighted by Gasteiger charge is 2.14. The first-order chi connectivity index (χ1) is 9.01. The molecule has 0 saturated carbocycles. The van der Waals surface area contributed by atoms with Gasteiger partial charge in [-0.05, 0) is 13.8 Å². The Hall–Kier alpha value is -2.31.